The van der Waals surface area contributed by atoms with Crippen molar-refractivity contribution in [2.24, 2.45) is 0 Å². The first kappa shape index (κ1) is 12.9. The molecule has 16 heavy (non-hydrogen) atoms. The fourth-order valence-electron chi connectivity index (χ4n) is 1.61. The number of hydrogen-bond acceptors (Lipinski definition) is 2. The molecular weight excluding hydrogens is 198 g/mol. The Hall–Kier alpha value is -1.18. The van der Waals surface area contributed by atoms with E-state index in [0.717, 1.165) is 18.0 Å². The van der Waals surface area contributed by atoms with Crippen molar-refractivity contribution in [2.45, 2.75) is 40.0 Å². The van der Waals surface area contributed by atoms with Crippen molar-refractivity contribution >= 4 is 5.69 Å². The predicted molar refractivity (Wildman–Crippen MR) is 70.5 cm³/mol. The molecule has 0 radical (unpaired) electrons. The normalized spacial score (nSPS) is 11.3. The van der Waals surface area contributed by atoms with Crippen molar-refractivity contribution < 1.29 is 4.74 Å². The number of anilines is 1. The summed E-state index contributed by atoms with van der Waals surface area (Å²) in [5.74, 6) is 0.942. The van der Waals surface area contributed by atoms with Gasteiger partial charge in [0.25, 0.3) is 0 Å². The van der Waals surface area contributed by atoms with Gasteiger partial charge in [0.1, 0.15) is 5.75 Å². The van der Waals surface area contributed by atoms with Crippen LogP contribution in [0.2, 0.25) is 0 Å². The molecule has 2 heteroatoms. The van der Waals surface area contributed by atoms with Crippen LogP contribution < -0.4 is 10.1 Å². The standard InChI is InChI=1S/C14H23NO/c1-6-15-12-10-11(14(3,4)5)8-9-13(12)16-7-2/h8-10,15H,6-7H2,1-5H3. The van der Waals surface area contributed by atoms with Gasteiger partial charge in [-0.15, -0.1) is 0 Å². The summed E-state index contributed by atoms with van der Waals surface area (Å²) in [6, 6.07) is 6.39. The maximum Gasteiger partial charge on any atom is 0.142 e. The largest absolute Gasteiger partial charge is 0.492 e. The Balaban J connectivity index is 3.06. The van der Waals surface area contributed by atoms with Gasteiger partial charge >= 0.3 is 0 Å². The first-order valence-electron chi connectivity index (χ1n) is 6.00. The molecule has 0 unspecified atom stereocenters. The topological polar surface area (TPSA) is 21.3 Å². The van der Waals surface area contributed by atoms with Crippen LogP contribution >= 0.6 is 0 Å². The lowest BCUT2D eigenvalue weighted by molar-refractivity contribution is 0.341. The van der Waals surface area contributed by atoms with Crippen LogP contribution in [0.5, 0.6) is 5.75 Å². The highest BCUT2D eigenvalue weighted by molar-refractivity contribution is 5.59. The molecule has 1 N–H and O–H groups in total. The van der Waals surface area contributed by atoms with E-state index in [1.165, 1.54) is 5.56 Å². The molecule has 0 spiro atoms. The highest BCUT2D eigenvalue weighted by atomic mass is 16.5. The number of benzene rings is 1. The molecular formula is C14H23NO. The van der Waals surface area contributed by atoms with Crippen molar-refractivity contribution in [3.63, 3.8) is 0 Å². The zero-order valence-electron chi connectivity index (χ0n) is 11.1. The van der Waals surface area contributed by atoms with E-state index in [2.05, 4.69) is 51.2 Å². The van der Waals surface area contributed by atoms with Crippen LogP contribution in [0.15, 0.2) is 18.2 Å². The second-order valence-electron chi connectivity index (χ2n) is 4.92. The number of ether oxygens (including phenoxy) is 1. The Bertz CT molecular complexity index is 339. The highest BCUT2D eigenvalue weighted by Crippen LogP contribution is 2.31. The lowest BCUT2D eigenvalue weighted by Crippen LogP contribution is -2.12. The fourth-order valence-corrected chi connectivity index (χ4v) is 1.61. The Morgan fingerprint density at radius 1 is 1.19 bits per heavy atom. The van der Waals surface area contributed by atoms with E-state index < -0.39 is 0 Å². The van der Waals surface area contributed by atoms with E-state index in [9.17, 15) is 0 Å². The van der Waals surface area contributed by atoms with Crippen LogP contribution in [0.25, 0.3) is 0 Å². The summed E-state index contributed by atoms with van der Waals surface area (Å²) in [5, 5.41) is 3.35. The lowest BCUT2D eigenvalue weighted by Gasteiger charge is -2.21. The SMILES string of the molecule is CCNc1cc(C(C)(C)C)ccc1OCC. The molecule has 0 saturated carbocycles. The molecule has 90 valence electrons. The van der Waals surface area contributed by atoms with Crippen molar-refractivity contribution in [2.75, 3.05) is 18.5 Å². The Morgan fingerprint density at radius 3 is 2.38 bits per heavy atom. The first-order valence-corrected chi connectivity index (χ1v) is 6.00. The summed E-state index contributed by atoms with van der Waals surface area (Å²) in [6.07, 6.45) is 0. The third-order valence-corrected chi connectivity index (χ3v) is 2.51. The van der Waals surface area contributed by atoms with Crippen LogP contribution in [-0.2, 0) is 5.41 Å². The van der Waals surface area contributed by atoms with Gasteiger partial charge in [-0.1, -0.05) is 26.8 Å². The van der Waals surface area contributed by atoms with E-state index >= 15 is 0 Å². The lowest BCUT2D eigenvalue weighted by atomic mass is 9.87. The quantitative estimate of drug-likeness (QED) is 0.834. The molecule has 0 aliphatic heterocycles. The second kappa shape index (κ2) is 5.24. The first-order chi connectivity index (χ1) is 7.49. The molecule has 2 nitrogen and oxygen atoms in total. The molecule has 0 aliphatic rings. The number of hydrogen-bond donors (Lipinski definition) is 1. The molecule has 0 atom stereocenters. The zero-order chi connectivity index (χ0) is 12.2. The molecule has 0 aliphatic carbocycles. The Morgan fingerprint density at radius 2 is 1.88 bits per heavy atom. The van der Waals surface area contributed by atoms with E-state index in [1.54, 1.807) is 0 Å². The predicted octanol–water partition coefficient (Wildman–Crippen LogP) is 3.81. The van der Waals surface area contributed by atoms with Gasteiger partial charge in [0.15, 0.2) is 0 Å². The summed E-state index contributed by atoms with van der Waals surface area (Å²) in [4.78, 5) is 0. The van der Waals surface area contributed by atoms with Crippen LogP contribution in [0.1, 0.15) is 40.2 Å². The smallest absolute Gasteiger partial charge is 0.142 e. The van der Waals surface area contributed by atoms with Gasteiger partial charge in [-0.2, -0.15) is 0 Å². The molecule has 0 aromatic heterocycles. The summed E-state index contributed by atoms with van der Waals surface area (Å²) in [7, 11) is 0. The van der Waals surface area contributed by atoms with Crippen LogP contribution in [-0.4, -0.2) is 13.2 Å². The van der Waals surface area contributed by atoms with Gasteiger partial charge in [0.05, 0.1) is 12.3 Å². The minimum Gasteiger partial charge on any atom is -0.492 e. The molecule has 0 bridgehead atoms. The molecule has 0 fully saturated rings. The molecule has 1 aromatic rings. The van der Waals surface area contributed by atoms with Crippen molar-refractivity contribution in [3.05, 3.63) is 23.8 Å². The Labute approximate surface area is 99.0 Å². The van der Waals surface area contributed by atoms with Gasteiger partial charge in [-0.05, 0) is 37.0 Å². The zero-order valence-corrected chi connectivity index (χ0v) is 11.1. The average Bonchev–Trinajstić information content (AvgIpc) is 2.19. The minimum atomic E-state index is 0.176. The van der Waals surface area contributed by atoms with Crippen molar-refractivity contribution in [1.29, 1.82) is 0 Å². The van der Waals surface area contributed by atoms with E-state index in [4.69, 9.17) is 4.74 Å². The summed E-state index contributed by atoms with van der Waals surface area (Å²) in [5.41, 5.74) is 2.60. The third-order valence-electron chi connectivity index (χ3n) is 2.51. The maximum atomic E-state index is 5.59. The van der Waals surface area contributed by atoms with Crippen LogP contribution in [0, 0.1) is 0 Å². The second-order valence-corrected chi connectivity index (χ2v) is 4.92. The van der Waals surface area contributed by atoms with Gasteiger partial charge in [-0.25, -0.2) is 0 Å². The van der Waals surface area contributed by atoms with Crippen LogP contribution in [0.4, 0.5) is 5.69 Å². The summed E-state index contributed by atoms with van der Waals surface area (Å²) in [6.45, 7) is 12.4. The van der Waals surface area contributed by atoms with Gasteiger partial charge in [0.2, 0.25) is 0 Å². The van der Waals surface area contributed by atoms with Crippen molar-refractivity contribution in [1.82, 2.24) is 0 Å². The maximum absolute atomic E-state index is 5.59. The Kier molecular flexibility index (Phi) is 4.22. The molecule has 0 heterocycles. The highest BCUT2D eigenvalue weighted by Gasteiger charge is 2.15. The summed E-state index contributed by atoms with van der Waals surface area (Å²) < 4.78 is 5.59. The van der Waals surface area contributed by atoms with Gasteiger partial charge in [-0.3, -0.25) is 0 Å². The van der Waals surface area contributed by atoms with Crippen LogP contribution in [0.3, 0.4) is 0 Å². The summed E-state index contributed by atoms with van der Waals surface area (Å²) >= 11 is 0. The van der Waals surface area contributed by atoms with Crippen molar-refractivity contribution in [3.8, 4) is 5.75 Å². The minimum absolute atomic E-state index is 0.176. The molecule has 0 saturated heterocycles. The van der Waals surface area contributed by atoms with Gasteiger partial charge < -0.3 is 10.1 Å². The van der Waals surface area contributed by atoms with E-state index in [-0.39, 0.29) is 5.41 Å². The molecule has 0 amide bonds. The molecule has 1 rings (SSSR count). The monoisotopic (exact) mass is 221 g/mol. The number of nitrogens with one attached hydrogen (secondary N) is 1. The van der Waals surface area contributed by atoms with Gasteiger partial charge in [0, 0.05) is 6.54 Å². The molecule has 1 aromatic carbocycles. The number of rotatable bonds is 4. The van der Waals surface area contributed by atoms with E-state index in [1.807, 2.05) is 6.92 Å². The third kappa shape index (κ3) is 3.16. The van der Waals surface area contributed by atoms with E-state index in [0.29, 0.717) is 6.61 Å². The average molecular weight is 221 g/mol. The fraction of sp³-hybridized carbons (Fsp3) is 0.571.